The maximum Gasteiger partial charge on any atom is 0.324 e. The van der Waals surface area contributed by atoms with E-state index in [1.807, 2.05) is 0 Å². The number of urea groups is 1. The average Bonchev–Trinajstić information content (AvgIpc) is 2.11. The lowest BCUT2D eigenvalue weighted by atomic mass is 9.92. The summed E-state index contributed by atoms with van der Waals surface area (Å²) in [6.45, 7) is 0. The minimum absolute atomic E-state index is 0.167. The molecule has 0 saturated heterocycles. The Hall–Kier alpha value is -1.59. The van der Waals surface area contributed by atoms with Gasteiger partial charge in [0.1, 0.15) is 0 Å². The van der Waals surface area contributed by atoms with E-state index in [2.05, 4.69) is 5.32 Å². The van der Waals surface area contributed by atoms with Crippen molar-refractivity contribution in [3.63, 3.8) is 0 Å². The molecule has 1 saturated carbocycles. The number of rotatable bonds is 4. The van der Waals surface area contributed by atoms with Gasteiger partial charge < -0.3 is 10.0 Å². The Kier molecular flexibility index (Phi) is 4.28. The van der Waals surface area contributed by atoms with Gasteiger partial charge in [-0.3, -0.25) is 14.9 Å². The van der Waals surface area contributed by atoms with Gasteiger partial charge in [-0.25, -0.2) is 4.79 Å². The van der Waals surface area contributed by atoms with Crippen LogP contribution in [-0.2, 0) is 9.59 Å². The fourth-order valence-electron chi connectivity index (χ4n) is 1.43. The second-order valence-electron chi connectivity index (χ2n) is 3.94. The van der Waals surface area contributed by atoms with Crippen molar-refractivity contribution in [2.45, 2.75) is 38.1 Å². The van der Waals surface area contributed by atoms with E-state index in [1.54, 1.807) is 7.05 Å². The van der Waals surface area contributed by atoms with Crippen molar-refractivity contribution < 1.29 is 19.5 Å². The first-order valence-electron chi connectivity index (χ1n) is 5.29. The molecule has 0 bridgehead atoms. The van der Waals surface area contributed by atoms with Gasteiger partial charge in [0.15, 0.2) is 0 Å². The van der Waals surface area contributed by atoms with Gasteiger partial charge in [0, 0.05) is 19.5 Å². The molecule has 0 atom stereocenters. The summed E-state index contributed by atoms with van der Waals surface area (Å²) in [4.78, 5) is 34.4. The molecule has 0 aromatic heterocycles. The highest BCUT2D eigenvalue weighted by molar-refractivity contribution is 5.95. The fourth-order valence-corrected chi connectivity index (χ4v) is 1.43. The van der Waals surface area contributed by atoms with Gasteiger partial charge in [0.05, 0.1) is 6.42 Å². The zero-order chi connectivity index (χ0) is 12.1. The second-order valence-corrected chi connectivity index (χ2v) is 3.94. The minimum Gasteiger partial charge on any atom is -0.481 e. The van der Waals surface area contributed by atoms with Crippen molar-refractivity contribution in [1.29, 1.82) is 0 Å². The Balaban J connectivity index is 2.26. The highest BCUT2D eigenvalue weighted by atomic mass is 16.4. The number of carbonyl (C=O) groups excluding carboxylic acids is 2. The zero-order valence-electron chi connectivity index (χ0n) is 9.23. The quantitative estimate of drug-likeness (QED) is 0.736. The number of hydrogen-bond donors (Lipinski definition) is 2. The van der Waals surface area contributed by atoms with Crippen LogP contribution in [0.1, 0.15) is 32.1 Å². The molecule has 1 rings (SSSR count). The number of nitrogens with one attached hydrogen (secondary N) is 1. The number of carboxylic acid groups (broad SMARTS) is 1. The molecule has 16 heavy (non-hydrogen) atoms. The first-order valence-corrected chi connectivity index (χ1v) is 5.29. The predicted octanol–water partition coefficient (Wildman–Crippen LogP) is 0.572. The molecule has 0 radical (unpaired) electrons. The lowest BCUT2D eigenvalue weighted by Crippen LogP contribution is -2.48. The van der Waals surface area contributed by atoms with Crippen LogP contribution in [0.4, 0.5) is 4.79 Å². The predicted molar refractivity (Wildman–Crippen MR) is 55.8 cm³/mol. The zero-order valence-corrected chi connectivity index (χ0v) is 9.23. The first kappa shape index (κ1) is 12.5. The van der Waals surface area contributed by atoms with Gasteiger partial charge in [-0.2, -0.15) is 0 Å². The molecule has 6 heteroatoms. The standard InChI is InChI=1S/C10H16N2O4/c1-12(7-3-2-4-7)10(16)11-8(13)5-6-9(14)15/h7H,2-6H2,1H3,(H,14,15)(H,11,13,16). The van der Waals surface area contributed by atoms with E-state index < -0.39 is 17.9 Å². The van der Waals surface area contributed by atoms with E-state index in [-0.39, 0.29) is 18.9 Å². The largest absolute Gasteiger partial charge is 0.481 e. The number of nitrogens with zero attached hydrogens (tertiary/aromatic N) is 1. The molecular formula is C10H16N2O4. The number of amides is 3. The molecule has 2 N–H and O–H groups in total. The lowest BCUT2D eigenvalue weighted by molar-refractivity contribution is -0.138. The van der Waals surface area contributed by atoms with Gasteiger partial charge in [-0.1, -0.05) is 0 Å². The summed E-state index contributed by atoms with van der Waals surface area (Å²) in [6.07, 6.45) is 2.61. The van der Waals surface area contributed by atoms with E-state index in [4.69, 9.17) is 5.11 Å². The van der Waals surface area contributed by atoms with Gasteiger partial charge >= 0.3 is 12.0 Å². The monoisotopic (exact) mass is 228 g/mol. The van der Waals surface area contributed by atoms with Gasteiger partial charge in [0.25, 0.3) is 0 Å². The molecule has 3 amide bonds. The smallest absolute Gasteiger partial charge is 0.324 e. The SMILES string of the molecule is CN(C(=O)NC(=O)CCC(=O)O)C1CCC1. The average molecular weight is 228 g/mol. The van der Waals surface area contributed by atoms with Gasteiger partial charge in [-0.05, 0) is 19.3 Å². The summed E-state index contributed by atoms with van der Waals surface area (Å²) in [5.74, 6) is -1.59. The maximum atomic E-state index is 11.5. The van der Waals surface area contributed by atoms with Crippen LogP contribution in [0.3, 0.4) is 0 Å². The summed E-state index contributed by atoms with van der Waals surface area (Å²) in [5, 5.41) is 10.5. The summed E-state index contributed by atoms with van der Waals surface area (Å²) >= 11 is 0. The van der Waals surface area contributed by atoms with Gasteiger partial charge in [-0.15, -0.1) is 0 Å². The molecule has 0 spiro atoms. The van der Waals surface area contributed by atoms with Gasteiger partial charge in [0.2, 0.25) is 5.91 Å². The summed E-state index contributed by atoms with van der Waals surface area (Å²) in [5.41, 5.74) is 0. The van der Waals surface area contributed by atoms with Crippen LogP contribution in [0.15, 0.2) is 0 Å². The van der Waals surface area contributed by atoms with Crippen molar-refractivity contribution in [2.24, 2.45) is 0 Å². The second kappa shape index (κ2) is 5.48. The third-order valence-corrected chi connectivity index (χ3v) is 2.76. The van der Waals surface area contributed by atoms with Crippen LogP contribution in [0.25, 0.3) is 0 Å². The van der Waals surface area contributed by atoms with Crippen LogP contribution in [0.5, 0.6) is 0 Å². The van der Waals surface area contributed by atoms with E-state index in [0.29, 0.717) is 0 Å². The van der Waals surface area contributed by atoms with Crippen LogP contribution in [0, 0.1) is 0 Å². The number of carbonyl (C=O) groups is 3. The molecule has 0 unspecified atom stereocenters. The van der Waals surface area contributed by atoms with Crippen LogP contribution in [0.2, 0.25) is 0 Å². The third-order valence-electron chi connectivity index (χ3n) is 2.76. The number of aliphatic carboxylic acids is 1. The van der Waals surface area contributed by atoms with Crippen molar-refractivity contribution in [2.75, 3.05) is 7.05 Å². The minimum atomic E-state index is -1.05. The first-order chi connectivity index (χ1) is 7.50. The molecule has 0 heterocycles. The molecule has 0 aliphatic heterocycles. The van der Waals surface area contributed by atoms with E-state index in [0.717, 1.165) is 19.3 Å². The molecule has 1 fully saturated rings. The summed E-state index contributed by atoms with van der Waals surface area (Å²) < 4.78 is 0. The van der Waals surface area contributed by atoms with Crippen LogP contribution >= 0.6 is 0 Å². The number of imide groups is 1. The topological polar surface area (TPSA) is 86.7 Å². The van der Waals surface area contributed by atoms with Crippen molar-refractivity contribution in [3.05, 3.63) is 0 Å². The Bertz CT molecular complexity index is 299. The van der Waals surface area contributed by atoms with E-state index in [1.165, 1.54) is 4.90 Å². The third kappa shape index (κ3) is 3.52. The molecule has 1 aliphatic rings. The Morgan fingerprint density at radius 2 is 1.94 bits per heavy atom. The van der Waals surface area contributed by atoms with E-state index in [9.17, 15) is 14.4 Å². The van der Waals surface area contributed by atoms with Crippen LogP contribution < -0.4 is 5.32 Å². The Labute approximate surface area is 93.6 Å². The molecule has 0 aromatic carbocycles. The maximum absolute atomic E-state index is 11.5. The van der Waals surface area contributed by atoms with Crippen LogP contribution in [-0.4, -0.2) is 41.0 Å². The van der Waals surface area contributed by atoms with Crippen molar-refractivity contribution in [1.82, 2.24) is 10.2 Å². The normalized spacial score (nSPS) is 15.1. The highest BCUT2D eigenvalue weighted by Gasteiger charge is 2.26. The van der Waals surface area contributed by atoms with E-state index >= 15 is 0 Å². The Morgan fingerprint density at radius 3 is 2.38 bits per heavy atom. The lowest BCUT2D eigenvalue weighted by Gasteiger charge is -2.34. The highest BCUT2D eigenvalue weighted by Crippen LogP contribution is 2.23. The molecular weight excluding hydrogens is 212 g/mol. The summed E-state index contributed by atoms with van der Waals surface area (Å²) in [7, 11) is 1.64. The summed E-state index contributed by atoms with van der Waals surface area (Å²) in [6, 6.07) is -0.229. The number of carboxylic acids is 1. The van der Waals surface area contributed by atoms with Crippen molar-refractivity contribution >= 4 is 17.9 Å². The molecule has 1 aliphatic carbocycles. The molecule has 0 aromatic rings. The molecule has 90 valence electrons. The fraction of sp³-hybridized carbons (Fsp3) is 0.700. The van der Waals surface area contributed by atoms with Crippen molar-refractivity contribution in [3.8, 4) is 0 Å². The number of hydrogen-bond acceptors (Lipinski definition) is 3. The Morgan fingerprint density at radius 1 is 1.31 bits per heavy atom. The molecule has 6 nitrogen and oxygen atoms in total.